The molecule has 0 saturated carbocycles. The molecular formula is C40H51N9O5S. The SMILES string of the molecule is Cc1ncsc1-c1ccc([C@H](C)NC(=O)[C@@H]2C[C@@H](O)CN2C(=O)[C@@H](NC(=O)C(C)N2CCN(c3cc(-c4ccccc4O)nnc3N)CC2)C(C)(C)C)cc1. The maximum Gasteiger partial charge on any atom is 0.246 e. The van der Waals surface area contributed by atoms with Gasteiger partial charge in [0.15, 0.2) is 5.82 Å². The number of rotatable bonds is 10. The number of amides is 3. The van der Waals surface area contributed by atoms with Crippen molar-refractivity contribution < 1.29 is 24.6 Å². The van der Waals surface area contributed by atoms with Crippen molar-refractivity contribution >= 4 is 40.6 Å². The minimum atomic E-state index is -0.944. The van der Waals surface area contributed by atoms with Crippen LogP contribution in [0, 0.1) is 12.3 Å². The second-order valence-corrected chi connectivity index (χ2v) is 16.4. The summed E-state index contributed by atoms with van der Waals surface area (Å²) in [6.45, 7) is 13.5. The smallest absolute Gasteiger partial charge is 0.246 e. The molecule has 0 bridgehead atoms. The van der Waals surface area contributed by atoms with Crippen LogP contribution in [0.4, 0.5) is 11.5 Å². The first kappa shape index (κ1) is 39.6. The number of hydrogen-bond donors (Lipinski definition) is 5. The van der Waals surface area contributed by atoms with E-state index in [1.54, 1.807) is 29.5 Å². The van der Waals surface area contributed by atoms with Gasteiger partial charge in [-0.3, -0.25) is 19.3 Å². The third-order valence-corrected chi connectivity index (χ3v) is 11.6. The zero-order valence-electron chi connectivity index (χ0n) is 32.2. The van der Waals surface area contributed by atoms with Crippen LogP contribution in [0.1, 0.15) is 58.3 Å². The fourth-order valence-electron chi connectivity index (χ4n) is 7.26. The minimum absolute atomic E-state index is 0.00718. The molecule has 15 heteroatoms. The van der Waals surface area contributed by atoms with Gasteiger partial charge in [-0.05, 0) is 55.5 Å². The molecule has 2 aromatic carbocycles. The number of aromatic hydroxyl groups is 1. The molecule has 6 rings (SSSR count). The number of anilines is 2. The van der Waals surface area contributed by atoms with E-state index in [4.69, 9.17) is 5.73 Å². The van der Waals surface area contributed by atoms with Gasteiger partial charge in [0, 0.05) is 44.7 Å². The van der Waals surface area contributed by atoms with Crippen LogP contribution in [0.2, 0.25) is 0 Å². The van der Waals surface area contributed by atoms with E-state index in [1.165, 1.54) is 4.90 Å². The number of nitrogens with two attached hydrogens (primary N) is 1. The van der Waals surface area contributed by atoms with Gasteiger partial charge in [0.2, 0.25) is 17.7 Å². The van der Waals surface area contributed by atoms with Crippen molar-refractivity contribution in [1.29, 1.82) is 0 Å². The molecule has 2 fully saturated rings. The van der Waals surface area contributed by atoms with Crippen molar-refractivity contribution in [3.8, 4) is 27.4 Å². The van der Waals surface area contributed by atoms with Crippen molar-refractivity contribution in [2.45, 2.75) is 78.2 Å². The van der Waals surface area contributed by atoms with Crippen molar-refractivity contribution in [1.82, 2.24) is 35.6 Å². The van der Waals surface area contributed by atoms with Gasteiger partial charge in [0.1, 0.15) is 17.8 Å². The largest absolute Gasteiger partial charge is 0.507 e. The molecule has 14 nitrogen and oxygen atoms in total. The topological polar surface area (TPSA) is 190 Å². The molecule has 0 radical (unpaired) electrons. The summed E-state index contributed by atoms with van der Waals surface area (Å²) < 4.78 is 0. The zero-order chi connectivity index (χ0) is 39.6. The Kier molecular flexibility index (Phi) is 11.7. The fourth-order valence-corrected chi connectivity index (χ4v) is 8.07. The number of phenols is 1. The lowest BCUT2D eigenvalue weighted by molar-refractivity contribution is -0.144. The number of thiazole rings is 1. The lowest BCUT2D eigenvalue weighted by Gasteiger charge is -2.40. The molecule has 2 aliphatic heterocycles. The van der Waals surface area contributed by atoms with Crippen LogP contribution in [0.5, 0.6) is 5.75 Å². The number of nitrogens with zero attached hydrogens (tertiary/aromatic N) is 6. The van der Waals surface area contributed by atoms with Crippen LogP contribution in [-0.4, -0.2) is 110 Å². The number of para-hydroxylation sites is 1. The number of piperazine rings is 1. The van der Waals surface area contributed by atoms with Crippen LogP contribution in [0.3, 0.4) is 0 Å². The minimum Gasteiger partial charge on any atom is -0.507 e. The van der Waals surface area contributed by atoms with E-state index in [2.05, 4.69) is 30.7 Å². The molecule has 55 heavy (non-hydrogen) atoms. The molecule has 6 N–H and O–H groups in total. The van der Waals surface area contributed by atoms with Crippen LogP contribution >= 0.6 is 11.3 Å². The van der Waals surface area contributed by atoms with Gasteiger partial charge in [0.05, 0.1) is 45.7 Å². The maximum atomic E-state index is 14.3. The Morgan fingerprint density at radius 3 is 2.31 bits per heavy atom. The van der Waals surface area contributed by atoms with Gasteiger partial charge in [-0.25, -0.2) is 4.98 Å². The number of aliphatic hydroxyl groups is 1. The van der Waals surface area contributed by atoms with Gasteiger partial charge in [-0.1, -0.05) is 57.2 Å². The quantitative estimate of drug-likeness (QED) is 0.158. The van der Waals surface area contributed by atoms with Crippen molar-refractivity contribution in [2.75, 3.05) is 43.4 Å². The predicted molar refractivity (Wildman–Crippen MR) is 213 cm³/mol. The molecule has 2 saturated heterocycles. The van der Waals surface area contributed by atoms with Gasteiger partial charge in [0.25, 0.3) is 0 Å². The Hall–Kier alpha value is -5.12. The highest BCUT2D eigenvalue weighted by Gasteiger charge is 2.45. The molecule has 0 spiro atoms. The summed E-state index contributed by atoms with van der Waals surface area (Å²) >= 11 is 1.58. The highest BCUT2D eigenvalue weighted by Crippen LogP contribution is 2.33. The summed E-state index contributed by atoms with van der Waals surface area (Å²) in [5.74, 6) is -0.705. The lowest BCUT2D eigenvalue weighted by Crippen LogP contribution is -2.61. The number of benzene rings is 2. The summed E-state index contributed by atoms with van der Waals surface area (Å²) in [6, 6.07) is 13.9. The summed E-state index contributed by atoms with van der Waals surface area (Å²) in [5, 5.41) is 35.4. The third kappa shape index (κ3) is 8.74. The molecule has 4 heterocycles. The van der Waals surface area contributed by atoms with E-state index >= 15 is 0 Å². The first-order chi connectivity index (χ1) is 26.1. The Morgan fingerprint density at radius 2 is 1.67 bits per heavy atom. The van der Waals surface area contributed by atoms with E-state index in [9.17, 15) is 24.6 Å². The highest BCUT2D eigenvalue weighted by molar-refractivity contribution is 7.13. The third-order valence-electron chi connectivity index (χ3n) is 10.6. The number of carbonyl (C=O) groups excluding carboxylic acids is 3. The first-order valence-corrected chi connectivity index (χ1v) is 19.5. The van der Waals surface area contributed by atoms with E-state index in [0.717, 1.165) is 21.7 Å². The van der Waals surface area contributed by atoms with Crippen LogP contribution in [-0.2, 0) is 14.4 Å². The van der Waals surface area contributed by atoms with Crippen LogP contribution in [0.15, 0.2) is 60.1 Å². The van der Waals surface area contributed by atoms with Crippen molar-refractivity contribution in [2.24, 2.45) is 5.41 Å². The van der Waals surface area contributed by atoms with Crippen molar-refractivity contribution in [3.63, 3.8) is 0 Å². The Labute approximate surface area is 325 Å². The molecule has 292 valence electrons. The molecule has 5 atom stereocenters. The number of β-amino-alcohol motifs (C(OH)–C–C–N with tert-alkyl or cyclic N) is 1. The number of aliphatic hydroxyl groups excluding tert-OH is 1. The molecule has 2 aliphatic rings. The van der Waals surface area contributed by atoms with Gasteiger partial charge in [-0.2, -0.15) is 0 Å². The number of nitrogens with one attached hydrogen (secondary N) is 2. The van der Waals surface area contributed by atoms with Crippen molar-refractivity contribution in [3.05, 3.63) is 71.4 Å². The monoisotopic (exact) mass is 769 g/mol. The average Bonchev–Trinajstić information content (AvgIpc) is 3.78. The van der Waals surface area contributed by atoms with Gasteiger partial charge < -0.3 is 36.4 Å². The molecule has 1 unspecified atom stereocenters. The number of nitrogen functional groups attached to an aromatic ring is 1. The fraction of sp³-hybridized carbons (Fsp3) is 0.450. The number of aryl methyl sites for hydroxylation is 1. The summed E-state index contributed by atoms with van der Waals surface area (Å²) in [5.41, 5.74) is 12.0. The normalized spacial score (nSPS) is 19.5. The van der Waals surface area contributed by atoms with Crippen LogP contribution < -0.4 is 21.3 Å². The van der Waals surface area contributed by atoms with Crippen LogP contribution in [0.25, 0.3) is 21.7 Å². The average molecular weight is 770 g/mol. The van der Waals surface area contributed by atoms with E-state index < -0.39 is 35.6 Å². The van der Waals surface area contributed by atoms with E-state index in [0.29, 0.717) is 43.1 Å². The number of phenolic OH excluding ortho intramolecular Hbond substituents is 1. The van der Waals surface area contributed by atoms with Gasteiger partial charge >= 0.3 is 0 Å². The Morgan fingerprint density at radius 1 is 0.982 bits per heavy atom. The molecule has 4 aromatic rings. The second-order valence-electron chi connectivity index (χ2n) is 15.5. The number of likely N-dealkylation sites (tertiary alicyclic amines) is 1. The summed E-state index contributed by atoms with van der Waals surface area (Å²) in [7, 11) is 0. The number of aromatic nitrogens is 3. The highest BCUT2D eigenvalue weighted by atomic mass is 32.1. The Balaban J connectivity index is 1.08. The predicted octanol–water partition coefficient (Wildman–Crippen LogP) is 3.74. The standard InChI is InChI=1S/C40H51N9O5S/c1-23(26-11-13-27(14-12-26)34-24(2)42-22-55-34)43-38(53)32-19-28(50)21-49(32)39(54)35(40(4,5)6)44-37(52)25(3)47-15-17-48(18-16-47)31-20-30(45-46-36(31)41)29-9-7-8-10-33(29)51/h7-14,20,22-23,25,28,32,35,50-51H,15-19,21H2,1-6H3,(H2,41,46)(H,43,53)(H,44,52)/t23-,25?,28+,32-,35+/m0/s1. The summed E-state index contributed by atoms with van der Waals surface area (Å²) in [6.07, 6.45) is -0.771. The van der Waals surface area contributed by atoms with E-state index in [-0.39, 0.29) is 42.4 Å². The molecule has 0 aliphatic carbocycles. The summed E-state index contributed by atoms with van der Waals surface area (Å²) in [4.78, 5) is 52.8. The molecule has 2 aromatic heterocycles. The molecular weight excluding hydrogens is 719 g/mol. The second kappa shape index (κ2) is 16.3. The zero-order valence-corrected chi connectivity index (χ0v) is 33.0. The Bertz CT molecular complexity index is 2010. The lowest BCUT2D eigenvalue weighted by atomic mass is 9.85. The molecule has 3 amide bonds. The van der Waals surface area contributed by atoms with Gasteiger partial charge in [-0.15, -0.1) is 21.5 Å². The number of hydrogen-bond acceptors (Lipinski definition) is 12. The first-order valence-electron chi connectivity index (χ1n) is 18.6. The maximum absolute atomic E-state index is 14.3. The number of carbonyl (C=O) groups is 3. The van der Waals surface area contributed by atoms with E-state index in [1.807, 2.05) is 88.4 Å².